The van der Waals surface area contributed by atoms with Crippen molar-refractivity contribution in [1.29, 1.82) is 0 Å². The highest BCUT2D eigenvalue weighted by Gasteiger charge is 2.24. The van der Waals surface area contributed by atoms with Crippen LogP contribution in [-0.4, -0.2) is 42.3 Å². The van der Waals surface area contributed by atoms with Crippen molar-refractivity contribution in [3.05, 3.63) is 58.1 Å². The molecule has 164 valence electrons. The lowest BCUT2D eigenvalue weighted by atomic mass is 10.1. The standard InChI is InChI=1S/C22H23Cl2N3O3S/c1-31-11-9-19(26-21(29)17-8-7-14(23)12-18(17)24)22(30)25-15-4-2-5-16(13-15)27-10-3-6-20(27)28/h2,4-5,7-8,12-13,19H,3,6,9-11H2,1H3,(H,25,30)(H,26,29). The molecule has 6 nitrogen and oxygen atoms in total. The predicted molar refractivity (Wildman–Crippen MR) is 127 cm³/mol. The van der Waals surface area contributed by atoms with E-state index in [2.05, 4.69) is 10.6 Å². The maximum absolute atomic E-state index is 13.0. The van der Waals surface area contributed by atoms with Gasteiger partial charge in [-0.3, -0.25) is 14.4 Å². The number of nitrogens with zero attached hydrogens (tertiary/aromatic N) is 1. The molecule has 3 rings (SSSR count). The molecule has 0 spiro atoms. The van der Waals surface area contributed by atoms with Gasteiger partial charge >= 0.3 is 0 Å². The number of carbonyl (C=O) groups excluding carboxylic acids is 3. The molecule has 31 heavy (non-hydrogen) atoms. The summed E-state index contributed by atoms with van der Waals surface area (Å²) >= 11 is 13.6. The van der Waals surface area contributed by atoms with Crippen LogP contribution in [0, 0.1) is 0 Å². The topological polar surface area (TPSA) is 78.5 Å². The van der Waals surface area contributed by atoms with Crippen LogP contribution in [0.1, 0.15) is 29.6 Å². The molecule has 0 aliphatic carbocycles. The van der Waals surface area contributed by atoms with Crippen molar-refractivity contribution in [1.82, 2.24) is 5.32 Å². The molecule has 0 saturated carbocycles. The van der Waals surface area contributed by atoms with E-state index >= 15 is 0 Å². The van der Waals surface area contributed by atoms with Gasteiger partial charge in [-0.15, -0.1) is 0 Å². The van der Waals surface area contributed by atoms with E-state index < -0.39 is 11.9 Å². The Bertz CT molecular complexity index is 986. The van der Waals surface area contributed by atoms with E-state index in [0.29, 0.717) is 35.8 Å². The Morgan fingerprint density at radius 2 is 2.00 bits per heavy atom. The third kappa shape index (κ3) is 6.15. The fraction of sp³-hybridized carbons (Fsp3) is 0.318. The number of carbonyl (C=O) groups is 3. The van der Waals surface area contributed by atoms with Crippen LogP contribution in [-0.2, 0) is 9.59 Å². The maximum Gasteiger partial charge on any atom is 0.253 e. The highest BCUT2D eigenvalue weighted by molar-refractivity contribution is 7.98. The van der Waals surface area contributed by atoms with Gasteiger partial charge in [0.2, 0.25) is 11.8 Å². The fourth-order valence-electron chi connectivity index (χ4n) is 3.32. The van der Waals surface area contributed by atoms with E-state index in [-0.39, 0.29) is 22.4 Å². The molecule has 1 fully saturated rings. The first kappa shape index (κ1) is 23.4. The van der Waals surface area contributed by atoms with Crippen molar-refractivity contribution < 1.29 is 14.4 Å². The summed E-state index contributed by atoms with van der Waals surface area (Å²) in [5.41, 5.74) is 1.57. The number of hydrogen-bond donors (Lipinski definition) is 2. The van der Waals surface area contributed by atoms with Gasteiger partial charge < -0.3 is 15.5 Å². The summed E-state index contributed by atoms with van der Waals surface area (Å²) in [4.78, 5) is 39.4. The number of rotatable bonds is 8. The van der Waals surface area contributed by atoms with Gasteiger partial charge in [0.05, 0.1) is 10.6 Å². The number of benzene rings is 2. The molecule has 1 aliphatic rings. The average Bonchev–Trinajstić information content (AvgIpc) is 3.17. The van der Waals surface area contributed by atoms with E-state index in [9.17, 15) is 14.4 Å². The van der Waals surface area contributed by atoms with Crippen LogP contribution in [0.4, 0.5) is 11.4 Å². The summed E-state index contributed by atoms with van der Waals surface area (Å²) < 4.78 is 0. The van der Waals surface area contributed by atoms with Crippen LogP contribution in [0.3, 0.4) is 0 Å². The predicted octanol–water partition coefficient (Wildman–Crippen LogP) is 4.61. The Morgan fingerprint density at radius 3 is 2.68 bits per heavy atom. The second-order valence-corrected chi connectivity index (χ2v) is 8.95. The van der Waals surface area contributed by atoms with Crippen LogP contribution in [0.5, 0.6) is 0 Å². The summed E-state index contributed by atoms with van der Waals surface area (Å²) in [6, 6.07) is 11.0. The molecular formula is C22H23Cl2N3O3S. The summed E-state index contributed by atoms with van der Waals surface area (Å²) in [5, 5.41) is 6.27. The smallest absolute Gasteiger partial charge is 0.253 e. The molecule has 0 aromatic heterocycles. The number of amides is 3. The molecule has 2 N–H and O–H groups in total. The third-order valence-corrected chi connectivity index (χ3v) is 6.10. The van der Waals surface area contributed by atoms with E-state index in [0.717, 1.165) is 12.1 Å². The highest BCUT2D eigenvalue weighted by Crippen LogP contribution is 2.25. The Kier molecular flexibility index (Phi) is 8.23. The van der Waals surface area contributed by atoms with Crippen molar-refractivity contribution in [3.8, 4) is 0 Å². The highest BCUT2D eigenvalue weighted by atomic mass is 35.5. The number of thioether (sulfide) groups is 1. The van der Waals surface area contributed by atoms with E-state index in [4.69, 9.17) is 23.2 Å². The minimum atomic E-state index is -0.747. The van der Waals surface area contributed by atoms with Crippen molar-refractivity contribution in [2.45, 2.75) is 25.3 Å². The van der Waals surface area contributed by atoms with Crippen molar-refractivity contribution >= 4 is 64.1 Å². The third-order valence-electron chi connectivity index (χ3n) is 4.91. The van der Waals surface area contributed by atoms with Crippen molar-refractivity contribution in [2.75, 3.05) is 28.8 Å². The molecular weight excluding hydrogens is 457 g/mol. The molecule has 1 atom stereocenters. The monoisotopic (exact) mass is 479 g/mol. The minimum absolute atomic E-state index is 0.0773. The number of nitrogens with one attached hydrogen (secondary N) is 2. The molecule has 2 aromatic carbocycles. The largest absolute Gasteiger partial charge is 0.340 e. The number of anilines is 2. The molecule has 9 heteroatoms. The zero-order chi connectivity index (χ0) is 22.4. The Balaban J connectivity index is 1.72. The Labute approximate surface area is 195 Å². The van der Waals surface area contributed by atoms with Crippen LogP contribution in [0.2, 0.25) is 10.0 Å². The molecule has 3 amide bonds. The SMILES string of the molecule is CSCCC(NC(=O)c1ccc(Cl)cc1Cl)C(=O)Nc1cccc(N2CCCC2=O)c1. The lowest BCUT2D eigenvalue weighted by Gasteiger charge is -2.20. The first-order valence-electron chi connectivity index (χ1n) is 9.85. The lowest BCUT2D eigenvalue weighted by Crippen LogP contribution is -2.44. The van der Waals surface area contributed by atoms with Crippen LogP contribution >= 0.6 is 35.0 Å². The molecule has 0 radical (unpaired) electrons. The number of halogens is 2. The Morgan fingerprint density at radius 1 is 1.19 bits per heavy atom. The molecule has 1 unspecified atom stereocenters. The molecule has 1 aliphatic heterocycles. The second kappa shape index (κ2) is 10.9. The summed E-state index contributed by atoms with van der Waals surface area (Å²) in [6.07, 6.45) is 3.75. The van der Waals surface area contributed by atoms with Gasteiger partial charge in [0, 0.05) is 29.4 Å². The minimum Gasteiger partial charge on any atom is -0.340 e. The Hall–Kier alpha value is -2.22. The van der Waals surface area contributed by atoms with E-state index in [1.165, 1.54) is 12.1 Å². The lowest BCUT2D eigenvalue weighted by molar-refractivity contribution is -0.118. The molecule has 0 bridgehead atoms. The first-order valence-corrected chi connectivity index (χ1v) is 12.0. The summed E-state index contributed by atoms with van der Waals surface area (Å²) in [6.45, 7) is 0.671. The quantitative estimate of drug-likeness (QED) is 0.579. The van der Waals surface area contributed by atoms with Crippen molar-refractivity contribution in [2.24, 2.45) is 0 Å². The van der Waals surface area contributed by atoms with Gasteiger partial charge in [0.25, 0.3) is 5.91 Å². The molecule has 1 saturated heterocycles. The van der Waals surface area contributed by atoms with Gasteiger partial charge in [-0.05, 0) is 61.2 Å². The zero-order valence-electron chi connectivity index (χ0n) is 17.0. The van der Waals surface area contributed by atoms with Gasteiger partial charge in [0.15, 0.2) is 0 Å². The number of hydrogen-bond acceptors (Lipinski definition) is 4. The molecule has 2 aromatic rings. The second-order valence-electron chi connectivity index (χ2n) is 7.12. The average molecular weight is 480 g/mol. The van der Waals surface area contributed by atoms with Gasteiger partial charge in [-0.2, -0.15) is 11.8 Å². The van der Waals surface area contributed by atoms with Crippen LogP contribution in [0.15, 0.2) is 42.5 Å². The molecule has 1 heterocycles. The summed E-state index contributed by atoms with van der Waals surface area (Å²) in [7, 11) is 0. The maximum atomic E-state index is 13.0. The zero-order valence-corrected chi connectivity index (χ0v) is 19.3. The van der Waals surface area contributed by atoms with Crippen LogP contribution in [0.25, 0.3) is 0 Å². The van der Waals surface area contributed by atoms with Gasteiger partial charge in [-0.25, -0.2) is 0 Å². The first-order chi connectivity index (χ1) is 14.9. The van der Waals surface area contributed by atoms with Gasteiger partial charge in [0.1, 0.15) is 6.04 Å². The summed E-state index contributed by atoms with van der Waals surface area (Å²) in [5.74, 6) is -0.0140. The van der Waals surface area contributed by atoms with E-state index in [1.54, 1.807) is 40.9 Å². The normalized spacial score (nSPS) is 14.4. The fourth-order valence-corrected chi connectivity index (χ4v) is 4.28. The van der Waals surface area contributed by atoms with Gasteiger partial charge in [-0.1, -0.05) is 29.3 Å². The van der Waals surface area contributed by atoms with Crippen molar-refractivity contribution in [3.63, 3.8) is 0 Å². The van der Waals surface area contributed by atoms with E-state index in [1.807, 2.05) is 12.3 Å². The van der Waals surface area contributed by atoms with Crippen LogP contribution < -0.4 is 15.5 Å².